The van der Waals surface area contributed by atoms with Gasteiger partial charge in [-0.25, -0.2) is 15.0 Å². The largest absolute Gasteiger partial charge is 0.397 e. The number of benzene rings is 2. The fourth-order valence-electron chi connectivity index (χ4n) is 4.67. The summed E-state index contributed by atoms with van der Waals surface area (Å²) in [6.07, 6.45) is 5.67. The predicted molar refractivity (Wildman–Crippen MR) is 136 cm³/mol. The number of anilines is 2. The Kier molecular flexibility index (Phi) is 4.84. The van der Waals surface area contributed by atoms with E-state index in [0.717, 1.165) is 47.0 Å². The van der Waals surface area contributed by atoms with Crippen LogP contribution in [0.2, 0.25) is 0 Å². The zero-order chi connectivity index (χ0) is 24.0. The molecule has 0 atom stereocenters. The Bertz CT molecular complexity index is 1580. The summed E-state index contributed by atoms with van der Waals surface area (Å²) in [4.78, 5) is 27.3. The first-order valence-corrected chi connectivity index (χ1v) is 11.6. The van der Waals surface area contributed by atoms with Gasteiger partial charge >= 0.3 is 0 Å². The van der Waals surface area contributed by atoms with Crippen molar-refractivity contribution in [3.63, 3.8) is 0 Å². The fourth-order valence-corrected chi connectivity index (χ4v) is 4.67. The number of nitrogen functional groups attached to an aromatic ring is 1. The molecule has 0 radical (unpaired) electrons. The number of amides is 1. The highest BCUT2D eigenvalue weighted by Gasteiger charge is 2.49. The molecule has 1 fully saturated rings. The number of aryl methyl sites for hydroxylation is 1. The molecule has 0 unspecified atom stereocenters. The van der Waals surface area contributed by atoms with Crippen LogP contribution in [0.1, 0.15) is 40.3 Å². The second-order valence-electron chi connectivity index (χ2n) is 8.94. The van der Waals surface area contributed by atoms with Gasteiger partial charge in [-0.1, -0.05) is 30.3 Å². The molecule has 35 heavy (non-hydrogen) atoms. The normalized spacial score (nSPS) is 14.1. The monoisotopic (exact) mass is 460 g/mol. The zero-order valence-electron chi connectivity index (χ0n) is 19.3. The number of carbonyl (C=O) groups is 1. The molecule has 3 aromatic heterocycles. The Labute approximate surface area is 202 Å². The van der Waals surface area contributed by atoms with Crippen LogP contribution in [0.3, 0.4) is 0 Å². The Hall–Kier alpha value is -4.52. The van der Waals surface area contributed by atoms with Gasteiger partial charge in [-0.2, -0.15) is 0 Å². The minimum Gasteiger partial charge on any atom is -0.397 e. The maximum Gasteiger partial charge on any atom is 0.255 e. The van der Waals surface area contributed by atoms with Crippen molar-refractivity contribution in [3.05, 3.63) is 108 Å². The summed E-state index contributed by atoms with van der Waals surface area (Å²) in [6.45, 7) is 2.00. The molecular weight excluding hydrogens is 436 g/mol. The maximum absolute atomic E-state index is 13.0. The number of hydrogen-bond acceptors (Lipinski definition) is 5. The van der Waals surface area contributed by atoms with Gasteiger partial charge in [-0.15, -0.1) is 0 Å². The van der Waals surface area contributed by atoms with Crippen LogP contribution in [-0.2, 0) is 5.41 Å². The molecule has 3 N–H and O–H groups in total. The van der Waals surface area contributed by atoms with E-state index in [1.807, 2.05) is 73.9 Å². The van der Waals surface area contributed by atoms with Crippen molar-refractivity contribution in [2.24, 2.45) is 0 Å². The standard InChI is InChI=1S/C28H24N6O/c1-18-25(34-16-5-4-11-24(34)31-18)23-12-15-30-27(33-23)28(13-14-28)20-8-6-7-19(17-20)26(35)32-22-10-3-2-9-21(22)29/h2-12,15-17H,13-14,29H2,1H3,(H,32,35). The van der Waals surface area contributed by atoms with E-state index in [1.165, 1.54) is 0 Å². The lowest BCUT2D eigenvalue weighted by Gasteiger charge is -2.16. The number of nitrogens with two attached hydrogens (primary N) is 1. The smallest absolute Gasteiger partial charge is 0.255 e. The number of imidazole rings is 1. The topological polar surface area (TPSA) is 98.2 Å². The molecule has 2 aromatic carbocycles. The van der Waals surface area contributed by atoms with E-state index in [4.69, 9.17) is 10.7 Å². The van der Waals surface area contributed by atoms with Gasteiger partial charge in [0.25, 0.3) is 5.91 Å². The van der Waals surface area contributed by atoms with Gasteiger partial charge in [-0.05, 0) is 67.8 Å². The van der Waals surface area contributed by atoms with Crippen molar-refractivity contribution in [2.45, 2.75) is 25.2 Å². The molecule has 6 rings (SSSR count). The number of para-hydroxylation sites is 2. The Balaban J connectivity index is 1.35. The molecule has 7 heteroatoms. The molecule has 0 bridgehead atoms. The number of nitrogens with one attached hydrogen (secondary N) is 1. The first-order valence-electron chi connectivity index (χ1n) is 11.6. The van der Waals surface area contributed by atoms with E-state index in [0.29, 0.717) is 16.9 Å². The van der Waals surface area contributed by atoms with Crippen LogP contribution in [-0.4, -0.2) is 25.3 Å². The van der Waals surface area contributed by atoms with Gasteiger partial charge in [0.15, 0.2) is 0 Å². The first-order chi connectivity index (χ1) is 17.0. The average Bonchev–Trinajstić information content (AvgIpc) is 3.62. The minimum atomic E-state index is -0.299. The molecule has 0 aliphatic heterocycles. The molecule has 0 spiro atoms. The number of rotatable bonds is 5. The molecule has 1 aliphatic carbocycles. The summed E-state index contributed by atoms with van der Waals surface area (Å²) < 4.78 is 2.06. The highest BCUT2D eigenvalue weighted by molar-refractivity contribution is 6.05. The third-order valence-corrected chi connectivity index (χ3v) is 6.67. The highest BCUT2D eigenvalue weighted by atomic mass is 16.1. The van der Waals surface area contributed by atoms with Gasteiger partial charge in [0.05, 0.1) is 33.9 Å². The van der Waals surface area contributed by atoms with Gasteiger partial charge < -0.3 is 11.1 Å². The third kappa shape index (κ3) is 3.61. The molecule has 1 aliphatic rings. The van der Waals surface area contributed by atoms with Crippen LogP contribution in [0, 0.1) is 6.92 Å². The average molecular weight is 461 g/mol. The van der Waals surface area contributed by atoms with Gasteiger partial charge in [0.1, 0.15) is 11.5 Å². The minimum absolute atomic E-state index is 0.198. The van der Waals surface area contributed by atoms with E-state index in [1.54, 1.807) is 12.1 Å². The summed E-state index contributed by atoms with van der Waals surface area (Å²) in [7, 11) is 0. The van der Waals surface area contributed by atoms with Crippen molar-refractivity contribution >= 4 is 22.9 Å². The first kappa shape index (κ1) is 21.0. The van der Waals surface area contributed by atoms with Crippen LogP contribution in [0.5, 0.6) is 0 Å². The van der Waals surface area contributed by atoms with E-state index in [-0.39, 0.29) is 11.3 Å². The molecule has 3 heterocycles. The zero-order valence-corrected chi connectivity index (χ0v) is 19.3. The number of aromatic nitrogens is 4. The van der Waals surface area contributed by atoms with E-state index in [9.17, 15) is 4.79 Å². The van der Waals surface area contributed by atoms with Crippen LogP contribution in [0.4, 0.5) is 11.4 Å². The van der Waals surface area contributed by atoms with Crippen molar-refractivity contribution in [1.82, 2.24) is 19.4 Å². The lowest BCUT2D eigenvalue weighted by atomic mass is 9.93. The number of nitrogens with zero attached hydrogens (tertiary/aromatic N) is 4. The second-order valence-corrected chi connectivity index (χ2v) is 8.94. The fraction of sp³-hybridized carbons (Fsp3) is 0.143. The van der Waals surface area contributed by atoms with E-state index in [2.05, 4.69) is 25.8 Å². The SMILES string of the molecule is Cc1nc2ccccn2c1-c1ccnc(C2(c3cccc(C(=O)Nc4ccccc4N)c3)CC2)n1. The van der Waals surface area contributed by atoms with E-state index < -0.39 is 0 Å². The molecule has 172 valence electrons. The van der Waals surface area contributed by atoms with Crippen LogP contribution < -0.4 is 11.1 Å². The van der Waals surface area contributed by atoms with Crippen molar-refractivity contribution < 1.29 is 4.79 Å². The Morgan fingerprint density at radius 2 is 1.83 bits per heavy atom. The van der Waals surface area contributed by atoms with Crippen molar-refractivity contribution in [1.29, 1.82) is 0 Å². The Morgan fingerprint density at radius 3 is 2.66 bits per heavy atom. The number of carbonyl (C=O) groups excluding carboxylic acids is 1. The molecule has 1 saturated carbocycles. The molecule has 1 amide bonds. The van der Waals surface area contributed by atoms with Crippen molar-refractivity contribution in [3.8, 4) is 11.4 Å². The summed E-state index contributed by atoms with van der Waals surface area (Å²) in [5, 5.41) is 2.91. The van der Waals surface area contributed by atoms with Crippen LogP contribution >= 0.6 is 0 Å². The predicted octanol–water partition coefficient (Wildman–Crippen LogP) is 5.01. The van der Waals surface area contributed by atoms with Crippen LogP contribution in [0.15, 0.2) is 85.2 Å². The summed E-state index contributed by atoms with van der Waals surface area (Å²) in [5.74, 6) is 0.571. The summed E-state index contributed by atoms with van der Waals surface area (Å²) in [6, 6.07) is 22.8. The summed E-state index contributed by atoms with van der Waals surface area (Å²) >= 11 is 0. The lowest BCUT2D eigenvalue weighted by molar-refractivity contribution is 0.102. The van der Waals surface area contributed by atoms with Gasteiger partial charge in [-0.3, -0.25) is 9.20 Å². The molecular formula is C28H24N6O. The number of hydrogen-bond donors (Lipinski definition) is 2. The molecule has 0 saturated heterocycles. The molecule has 7 nitrogen and oxygen atoms in total. The maximum atomic E-state index is 13.0. The quantitative estimate of drug-likeness (QED) is 0.359. The van der Waals surface area contributed by atoms with E-state index >= 15 is 0 Å². The van der Waals surface area contributed by atoms with Crippen molar-refractivity contribution in [2.75, 3.05) is 11.1 Å². The highest BCUT2D eigenvalue weighted by Crippen LogP contribution is 2.52. The Morgan fingerprint density at radius 1 is 1.00 bits per heavy atom. The molecule has 5 aromatic rings. The van der Waals surface area contributed by atoms with Gasteiger partial charge in [0, 0.05) is 18.0 Å². The second kappa shape index (κ2) is 8.06. The van der Waals surface area contributed by atoms with Gasteiger partial charge in [0.2, 0.25) is 0 Å². The third-order valence-electron chi connectivity index (χ3n) is 6.67. The summed E-state index contributed by atoms with van der Waals surface area (Å²) in [5.41, 5.74) is 12.1. The number of fused-ring (bicyclic) bond motifs is 1. The number of pyridine rings is 1. The van der Waals surface area contributed by atoms with Crippen LogP contribution in [0.25, 0.3) is 17.0 Å². The lowest BCUT2D eigenvalue weighted by Crippen LogP contribution is -2.17.